The summed E-state index contributed by atoms with van der Waals surface area (Å²) in [5.74, 6) is 0.239. The quantitative estimate of drug-likeness (QED) is 0.702. The summed E-state index contributed by atoms with van der Waals surface area (Å²) in [5.41, 5.74) is 1.58. The van der Waals surface area contributed by atoms with Gasteiger partial charge in [-0.1, -0.05) is 49.3 Å². The van der Waals surface area contributed by atoms with Crippen molar-refractivity contribution in [1.82, 2.24) is 15.2 Å². The van der Waals surface area contributed by atoms with Crippen LogP contribution in [0.3, 0.4) is 0 Å². The fourth-order valence-electron chi connectivity index (χ4n) is 1.93. The van der Waals surface area contributed by atoms with E-state index in [1.807, 2.05) is 25.3 Å². The van der Waals surface area contributed by atoms with Gasteiger partial charge in [-0.15, -0.1) is 16.4 Å². The molecular weight excluding hydrogens is 334 g/mol. The van der Waals surface area contributed by atoms with Crippen LogP contribution in [0.1, 0.15) is 31.0 Å². The van der Waals surface area contributed by atoms with Crippen LogP contribution >= 0.6 is 11.3 Å². The first-order valence-corrected chi connectivity index (χ1v) is 9.55. The van der Waals surface area contributed by atoms with Crippen molar-refractivity contribution < 1.29 is 12.8 Å². The van der Waals surface area contributed by atoms with Crippen LogP contribution in [-0.2, 0) is 15.6 Å². The van der Waals surface area contributed by atoms with Gasteiger partial charge in [-0.05, 0) is 11.5 Å². The molecule has 2 heterocycles. The maximum Gasteiger partial charge on any atom is 0.336 e. The van der Waals surface area contributed by atoms with Gasteiger partial charge in [0.2, 0.25) is 9.84 Å². The van der Waals surface area contributed by atoms with Crippen LogP contribution in [0.2, 0.25) is 0 Å². The number of hydrogen-bond donors (Lipinski definition) is 0. The highest BCUT2D eigenvalue weighted by Crippen LogP contribution is 2.27. The predicted molar refractivity (Wildman–Crippen MR) is 86.8 cm³/mol. The second-order valence-electron chi connectivity index (χ2n) is 5.35. The number of sulfone groups is 1. The average molecular weight is 349 g/mol. The van der Waals surface area contributed by atoms with Gasteiger partial charge in [0.25, 0.3) is 5.89 Å². The lowest BCUT2D eigenvalue weighted by atomic mass is 10.2. The summed E-state index contributed by atoms with van der Waals surface area (Å²) in [4.78, 5) is 4.39. The fourth-order valence-corrected chi connectivity index (χ4v) is 3.95. The van der Waals surface area contributed by atoms with E-state index in [-0.39, 0.29) is 22.8 Å². The number of hydrogen-bond acceptors (Lipinski definition) is 7. The van der Waals surface area contributed by atoms with Crippen molar-refractivity contribution in [2.24, 2.45) is 0 Å². The average Bonchev–Trinajstić information content (AvgIpc) is 3.17. The number of nitrogens with zero attached hydrogens (tertiary/aromatic N) is 3. The molecule has 0 radical (unpaired) electrons. The van der Waals surface area contributed by atoms with Gasteiger partial charge in [-0.3, -0.25) is 0 Å². The van der Waals surface area contributed by atoms with Crippen molar-refractivity contribution in [1.29, 1.82) is 0 Å². The van der Waals surface area contributed by atoms with E-state index in [9.17, 15) is 8.42 Å². The number of aromatic nitrogens is 3. The van der Waals surface area contributed by atoms with Crippen molar-refractivity contribution >= 4 is 21.2 Å². The smallest absolute Gasteiger partial charge is 0.336 e. The summed E-state index contributed by atoms with van der Waals surface area (Å²) < 4.78 is 30.0. The summed E-state index contributed by atoms with van der Waals surface area (Å²) in [6.45, 7) is 4.06. The minimum Gasteiger partial charge on any atom is -0.405 e. The Balaban J connectivity index is 1.85. The molecule has 0 fully saturated rings. The highest BCUT2D eigenvalue weighted by Gasteiger charge is 2.24. The molecule has 0 saturated heterocycles. The summed E-state index contributed by atoms with van der Waals surface area (Å²) >= 11 is 1.36. The van der Waals surface area contributed by atoms with E-state index in [1.54, 1.807) is 24.3 Å². The van der Waals surface area contributed by atoms with Crippen molar-refractivity contribution in [2.75, 3.05) is 0 Å². The second kappa shape index (κ2) is 6.21. The van der Waals surface area contributed by atoms with Crippen LogP contribution in [-0.4, -0.2) is 23.6 Å². The van der Waals surface area contributed by atoms with Gasteiger partial charge >= 0.3 is 5.22 Å². The molecule has 3 aromatic rings. The molecule has 8 heteroatoms. The monoisotopic (exact) mass is 349 g/mol. The van der Waals surface area contributed by atoms with Crippen molar-refractivity contribution in [3.05, 3.63) is 47.0 Å². The lowest BCUT2D eigenvalue weighted by Crippen LogP contribution is -2.05. The van der Waals surface area contributed by atoms with Gasteiger partial charge in [-0.25, -0.2) is 13.4 Å². The molecule has 0 spiro atoms. The Morgan fingerprint density at radius 3 is 2.57 bits per heavy atom. The lowest BCUT2D eigenvalue weighted by Gasteiger charge is -1.99. The third-order valence-corrected chi connectivity index (χ3v) is 5.43. The highest BCUT2D eigenvalue weighted by molar-refractivity contribution is 7.90. The van der Waals surface area contributed by atoms with Crippen LogP contribution in [0.5, 0.6) is 0 Å². The van der Waals surface area contributed by atoms with E-state index in [2.05, 4.69) is 15.2 Å². The van der Waals surface area contributed by atoms with E-state index in [0.717, 1.165) is 5.69 Å². The standard InChI is InChI=1S/C15H15N3O3S2/c1-10(2)12-8-22-14(16-12)13-17-18-15(21-13)23(19,20)9-11-6-4-3-5-7-11/h3-8,10H,9H2,1-2H3. The number of benzene rings is 1. The predicted octanol–water partition coefficient (Wildman–Crippen LogP) is 3.29. The summed E-state index contributed by atoms with van der Waals surface area (Å²) in [7, 11) is -3.67. The molecule has 0 aliphatic rings. The van der Waals surface area contributed by atoms with Gasteiger partial charge in [0, 0.05) is 5.38 Å². The largest absolute Gasteiger partial charge is 0.405 e. The topological polar surface area (TPSA) is 86.0 Å². The Morgan fingerprint density at radius 1 is 1.17 bits per heavy atom. The molecule has 23 heavy (non-hydrogen) atoms. The van der Waals surface area contributed by atoms with Crippen molar-refractivity contribution in [2.45, 2.75) is 30.7 Å². The molecule has 6 nitrogen and oxygen atoms in total. The van der Waals surface area contributed by atoms with Crippen molar-refractivity contribution in [3.8, 4) is 10.9 Å². The molecule has 2 aromatic heterocycles. The Hall–Kier alpha value is -2.06. The molecule has 3 rings (SSSR count). The number of rotatable bonds is 5. The lowest BCUT2D eigenvalue weighted by molar-refractivity contribution is 0.439. The molecule has 0 unspecified atom stereocenters. The first-order valence-electron chi connectivity index (χ1n) is 7.01. The second-order valence-corrected chi connectivity index (χ2v) is 8.08. The highest BCUT2D eigenvalue weighted by atomic mass is 32.2. The van der Waals surface area contributed by atoms with Crippen LogP contribution in [0.15, 0.2) is 45.4 Å². The summed E-state index contributed by atoms with van der Waals surface area (Å²) in [5, 5.41) is 9.55. The molecule has 0 amide bonds. The number of thiazole rings is 1. The summed E-state index contributed by atoms with van der Waals surface area (Å²) in [6, 6.07) is 8.88. The maximum absolute atomic E-state index is 12.3. The molecule has 0 bridgehead atoms. The van der Waals surface area contributed by atoms with Crippen LogP contribution in [0.25, 0.3) is 10.9 Å². The van der Waals surface area contributed by atoms with Gasteiger partial charge in [0.15, 0.2) is 5.01 Å². The molecule has 0 N–H and O–H groups in total. The van der Waals surface area contributed by atoms with Gasteiger partial charge in [-0.2, -0.15) is 0 Å². The van der Waals surface area contributed by atoms with Crippen LogP contribution in [0, 0.1) is 0 Å². The third-order valence-electron chi connectivity index (χ3n) is 3.17. The molecular formula is C15H15N3O3S2. The van der Waals surface area contributed by atoms with E-state index >= 15 is 0 Å². The third kappa shape index (κ3) is 3.48. The molecule has 0 atom stereocenters. The minimum absolute atomic E-state index is 0.133. The van der Waals surface area contributed by atoms with E-state index < -0.39 is 9.84 Å². The van der Waals surface area contributed by atoms with Gasteiger partial charge < -0.3 is 4.42 Å². The maximum atomic E-state index is 12.3. The zero-order valence-electron chi connectivity index (χ0n) is 12.6. The van der Waals surface area contributed by atoms with E-state index in [1.165, 1.54) is 11.3 Å². The van der Waals surface area contributed by atoms with Crippen LogP contribution in [0.4, 0.5) is 0 Å². The Labute approximate surface area is 138 Å². The zero-order valence-corrected chi connectivity index (χ0v) is 14.3. The fraction of sp³-hybridized carbons (Fsp3) is 0.267. The Kier molecular flexibility index (Phi) is 4.27. The van der Waals surface area contributed by atoms with Crippen molar-refractivity contribution in [3.63, 3.8) is 0 Å². The van der Waals surface area contributed by atoms with Gasteiger partial charge in [0.05, 0.1) is 11.4 Å². The first kappa shape index (κ1) is 15.8. The normalized spacial score (nSPS) is 12.0. The van der Waals surface area contributed by atoms with Crippen LogP contribution < -0.4 is 0 Å². The van der Waals surface area contributed by atoms with Gasteiger partial charge in [0.1, 0.15) is 0 Å². The molecule has 0 saturated carbocycles. The van der Waals surface area contributed by atoms with E-state index in [0.29, 0.717) is 10.6 Å². The molecule has 1 aromatic carbocycles. The summed E-state index contributed by atoms with van der Waals surface area (Å²) in [6.07, 6.45) is 0. The molecule has 0 aliphatic heterocycles. The zero-order chi connectivity index (χ0) is 16.4. The Morgan fingerprint density at radius 2 is 1.91 bits per heavy atom. The molecule has 0 aliphatic carbocycles. The van der Waals surface area contributed by atoms with E-state index in [4.69, 9.17) is 4.42 Å². The molecule has 120 valence electrons. The minimum atomic E-state index is -3.67. The SMILES string of the molecule is CC(C)c1csc(-c2nnc(S(=O)(=O)Cc3ccccc3)o2)n1. The first-order chi connectivity index (χ1) is 11.0. The Bertz CT molecular complexity index is 899.